The van der Waals surface area contributed by atoms with Crippen molar-refractivity contribution in [3.8, 4) is 0 Å². The molecule has 0 amide bonds. The monoisotopic (exact) mass is 298 g/mol. The summed E-state index contributed by atoms with van der Waals surface area (Å²) in [5.74, 6) is -2.31. The van der Waals surface area contributed by atoms with E-state index in [0.717, 1.165) is 6.08 Å². The van der Waals surface area contributed by atoms with E-state index < -0.39 is 42.0 Å². The van der Waals surface area contributed by atoms with E-state index in [2.05, 4.69) is 0 Å². The van der Waals surface area contributed by atoms with E-state index in [1.54, 1.807) is 13.8 Å². The van der Waals surface area contributed by atoms with Gasteiger partial charge in [0.05, 0.1) is 0 Å². The number of rotatable bonds is 5. The summed E-state index contributed by atoms with van der Waals surface area (Å²) in [6, 6.07) is 0. The van der Waals surface area contributed by atoms with Crippen molar-refractivity contribution >= 4 is 23.7 Å². The fourth-order valence-corrected chi connectivity index (χ4v) is 1.74. The summed E-state index contributed by atoms with van der Waals surface area (Å²) >= 11 is 0. The molecule has 0 N–H and O–H groups in total. The molecule has 3 atom stereocenters. The molecule has 0 bridgehead atoms. The highest BCUT2D eigenvalue weighted by atomic mass is 16.6. The van der Waals surface area contributed by atoms with Crippen molar-refractivity contribution in [3.63, 3.8) is 0 Å². The molecule has 1 rings (SSSR count). The molecule has 0 fully saturated rings. The molecule has 1 aliphatic carbocycles. The van der Waals surface area contributed by atoms with Gasteiger partial charge in [0.15, 0.2) is 18.0 Å². The second-order valence-electron chi connectivity index (χ2n) is 4.41. The van der Waals surface area contributed by atoms with Gasteiger partial charge in [0.25, 0.3) is 0 Å². The summed E-state index contributed by atoms with van der Waals surface area (Å²) in [5.41, 5.74) is 0. The van der Waals surface area contributed by atoms with Crippen molar-refractivity contribution < 1.29 is 33.4 Å². The predicted octanol–water partition coefficient (Wildman–Crippen LogP) is 0.701. The number of carbonyl (C=O) groups excluding carboxylic acids is 4. The third kappa shape index (κ3) is 4.70. The quantitative estimate of drug-likeness (QED) is 0.544. The van der Waals surface area contributed by atoms with Crippen molar-refractivity contribution in [3.05, 3.63) is 12.2 Å². The summed E-state index contributed by atoms with van der Waals surface area (Å²) < 4.78 is 15.1. The molecule has 7 nitrogen and oxygen atoms in total. The largest absolute Gasteiger partial charge is 0.454 e. The zero-order valence-corrected chi connectivity index (χ0v) is 12.2. The van der Waals surface area contributed by atoms with Crippen molar-refractivity contribution in [2.75, 3.05) is 0 Å². The highest BCUT2D eigenvalue weighted by Crippen LogP contribution is 2.21. The minimum Gasteiger partial charge on any atom is -0.454 e. The zero-order chi connectivity index (χ0) is 16.0. The van der Waals surface area contributed by atoms with E-state index in [1.807, 2.05) is 0 Å². The average Bonchev–Trinajstić information content (AvgIpc) is 2.44. The molecule has 0 aromatic heterocycles. The molecule has 0 aromatic carbocycles. The summed E-state index contributed by atoms with van der Waals surface area (Å²) in [6.45, 7) is 4.34. The Labute approximate surface area is 122 Å². The number of carbonyl (C=O) groups is 4. The maximum Gasteiger partial charge on any atom is 0.306 e. The van der Waals surface area contributed by atoms with Gasteiger partial charge in [0.2, 0.25) is 6.10 Å². The van der Waals surface area contributed by atoms with Crippen LogP contribution in [0.25, 0.3) is 0 Å². The lowest BCUT2D eigenvalue weighted by molar-refractivity contribution is -0.183. The summed E-state index contributed by atoms with van der Waals surface area (Å²) in [5, 5.41) is 0. The Kier molecular flexibility index (Phi) is 6.08. The zero-order valence-electron chi connectivity index (χ0n) is 12.2. The first-order valence-electron chi connectivity index (χ1n) is 6.67. The van der Waals surface area contributed by atoms with Gasteiger partial charge in [-0.2, -0.15) is 0 Å². The van der Waals surface area contributed by atoms with E-state index in [9.17, 15) is 19.2 Å². The Hall–Kier alpha value is -2.18. The molecule has 116 valence electrons. The molecule has 0 radical (unpaired) electrons. The summed E-state index contributed by atoms with van der Waals surface area (Å²) in [7, 11) is 0. The Morgan fingerprint density at radius 1 is 1.05 bits per heavy atom. The second-order valence-corrected chi connectivity index (χ2v) is 4.41. The molecule has 0 aliphatic heterocycles. The summed E-state index contributed by atoms with van der Waals surface area (Å²) in [6.07, 6.45) is -0.831. The van der Waals surface area contributed by atoms with Gasteiger partial charge < -0.3 is 14.2 Å². The molecule has 0 saturated heterocycles. The van der Waals surface area contributed by atoms with Crippen LogP contribution in [0.3, 0.4) is 0 Å². The first-order valence-corrected chi connectivity index (χ1v) is 6.67. The molecule has 0 unspecified atom stereocenters. The van der Waals surface area contributed by atoms with E-state index >= 15 is 0 Å². The molecule has 21 heavy (non-hydrogen) atoms. The highest BCUT2D eigenvalue weighted by molar-refractivity contribution is 5.97. The topological polar surface area (TPSA) is 96.0 Å². The Morgan fingerprint density at radius 2 is 1.62 bits per heavy atom. The minimum absolute atomic E-state index is 0.0696. The van der Waals surface area contributed by atoms with Gasteiger partial charge >= 0.3 is 17.9 Å². The van der Waals surface area contributed by atoms with Crippen molar-refractivity contribution in [2.45, 2.75) is 51.9 Å². The normalized spacial score (nSPS) is 24.3. The van der Waals surface area contributed by atoms with Crippen LogP contribution in [0.5, 0.6) is 0 Å². The fourth-order valence-electron chi connectivity index (χ4n) is 1.74. The number of hydrogen-bond acceptors (Lipinski definition) is 7. The predicted molar refractivity (Wildman–Crippen MR) is 70.0 cm³/mol. The molecule has 0 spiro atoms. The van der Waals surface area contributed by atoms with Gasteiger partial charge in [-0.15, -0.1) is 0 Å². The Morgan fingerprint density at radius 3 is 2.14 bits per heavy atom. The lowest BCUT2D eigenvalue weighted by atomic mass is 9.96. The Balaban J connectivity index is 3.01. The highest BCUT2D eigenvalue weighted by Gasteiger charge is 2.42. The standard InChI is InChI=1S/C14H18O7/c1-4-11(17)20-13-9(16)6-7-10(19-8(3)15)14(13)21-12(18)5-2/h6-7,10,13-14H,4-5H2,1-3H3/t10-,13-,14-/m1/s1. The molecular formula is C14H18O7. The van der Waals surface area contributed by atoms with Gasteiger partial charge in [-0.3, -0.25) is 19.2 Å². The SMILES string of the molecule is CCC(=O)O[C@H]1[C@H](OC(=O)CC)C(=O)C=C[C@H]1OC(C)=O. The fraction of sp³-hybridized carbons (Fsp3) is 0.571. The first kappa shape index (κ1) is 16.9. The van der Waals surface area contributed by atoms with Crippen LogP contribution in [-0.4, -0.2) is 42.0 Å². The number of hydrogen-bond donors (Lipinski definition) is 0. The average molecular weight is 298 g/mol. The third-order valence-electron chi connectivity index (χ3n) is 2.76. The van der Waals surface area contributed by atoms with Crippen molar-refractivity contribution in [2.24, 2.45) is 0 Å². The van der Waals surface area contributed by atoms with Crippen molar-refractivity contribution in [1.82, 2.24) is 0 Å². The molecule has 0 aromatic rings. The lowest BCUT2D eigenvalue weighted by Gasteiger charge is -2.32. The smallest absolute Gasteiger partial charge is 0.306 e. The van der Waals surface area contributed by atoms with Crippen LogP contribution in [0.2, 0.25) is 0 Å². The van der Waals surface area contributed by atoms with Crippen molar-refractivity contribution in [1.29, 1.82) is 0 Å². The van der Waals surface area contributed by atoms with E-state index in [0.29, 0.717) is 0 Å². The van der Waals surface area contributed by atoms with Crippen LogP contribution < -0.4 is 0 Å². The molecular weight excluding hydrogens is 280 g/mol. The molecule has 0 heterocycles. The Bertz CT molecular complexity index is 466. The van der Waals surface area contributed by atoms with Gasteiger partial charge in [-0.05, 0) is 12.2 Å². The molecule has 1 aliphatic rings. The number of esters is 3. The molecule has 7 heteroatoms. The van der Waals surface area contributed by atoms with Crippen LogP contribution >= 0.6 is 0 Å². The van der Waals surface area contributed by atoms with Crippen LogP contribution in [0.15, 0.2) is 12.2 Å². The summed E-state index contributed by atoms with van der Waals surface area (Å²) in [4.78, 5) is 45.8. The second kappa shape index (κ2) is 7.56. The van der Waals surface area contributed by atoms with Crippen LogP contribution in [0.4, 0.5) is 0 Å². The number of ketones is 1. The van der Waals surface area contributed by atoms with Gasteiger partial charge in [0.1, 0.15) is 0 Å². The first-order chi connectivity index (χ1) is 9.88. The maximum absolute atomic E-state index is 11.9. The third-order valence-corrected chi connectivity index (χ3v) is 2.76. The van der Waals surface area contributed by atoms with Gasteiger partial charge in [-0.25, -0.2) is 0 Å². The number of ether oxygens (including phenoxy) is 3. The minimum atomic E-state index is -1.30. The van der Waals surface area contributed by atoms with Crippen LogP contribution in [0, 0.1) is 0 Å². The molecule has 0 saturated carbocycles. The lowest BCUT2D eigenvalue weighted by Crippen LogP contribution is -2.50. The van der Waals surface area contributed by atoms with E-state index in [1.165, 1.54) is 13.0 Å². The van der Waals surface area contributed by atoms with Crippen LogP contribution in [0.1, 0.15) is 33.6 Å². The van der Waals surface area contributed by atoms with Crippen LogP contribution in [-0.2, 0) is 33.4 Å². The maximum atomic E-state index is 11.9. The van der Waals surface area contributed by atoms with E-state index in [-0.39, 0.29) is 12.8 Å². The van der Waals surface area contributed by atoms with E-state index in [4.69, 9.17) is 14.2 Å². The van der Waals surface area contributed by atoms with Gasteiger partial charge in [0, 0.05) is 19.8 Å². The van der Waals surface area contributed by atoms with Gasteiger partial charge in [-0.1, -0.05) is 13.8 Å².